The zero-order valence-corrected chi connectivity index (χ0v) is 13.1. The van der Waals surface area contributed by atoms with E-state index in [4.69, 9.17) is 28.9 Å². The molecule has 1 fully saturated rings. The second-order valence-corrected chi connectivity index (χ2v) is 6.73. The fourth-order valence-corrected chi connectivity index (χ4v) is 3.77. The number of hydrogen-bond acceptors (Lipinski definition) is 2. The van der Waals surface area contributed by atoms with Crippen molar-refractivity contribution in [2.24, 2.45) is 17.6 Å². The molecule has 1 aromatic rings. The van der Waals surface area contributed by atoms with Crippen molar-refractivity contribution in [2.45, 2.75) is 26.3 Å². The molecule has 2 rings (SSSR count). The Morgan fingerprint density at radius 2 is 1.68 bits per heavy atom. The Kier molecular flexibility index (Phi) is 5.13. The van der Waals surface area contributed by atoms with Gasteiger partial charge < -0.3 is 5.73 Å². The van der Waals surface area contributed by atoms with Crippen LogP contribution in [0.3, 0.4) is 0 Å². The quantitative estimate of drug-likeness (QED) is 0.915. The van der Waals surface area contributed by atoms with Crippen LogP contribution in [0, 0.1) is 11.8 Å². The molecule has 0 radical (unpaired) electrons. The Balaban J connectivity index is 2.23. The molecule has 0 spiro atoms. The predicted molar refractivity (Wildman–Crippen MR) is 82.8 cm³/mol. The van der Waals surface area contributed by atoms with Crippen molar-refractivity contribution >= 4 is 23.2 Å². The minimum absolute atomic E-state index is 0.210. The van der Waals surface area contributed by atoms with E-state index in [9.17, 15) is 0 Å². The molecular formula is C15H22Cl2N2. The van der Waals surface area contributed by atoms with Gasteiger partial charge in [-0.1, -0.05) is 37.0 Å². The number of piperidine rings is 1. The first-order valence-electron chi connectivity index (χ1n) is 6.89. The van der Waals surface area contributed by atoms with Gasteiger partial charge in [-0.2, -0.15) is 0 Å². The SMILES string of the molecule is CC1CC(C)CN(C(CN)c2cc(Cl)cc(Cl)c2)C1. The number of hydrogen-bond donors (Lipinski definition) is 1. The van der Waals surface area contributed by atoms with Crippen molar-refractivity contribution in [1.29, 1.82) is 0 Å². The van der Waals surface area contributed by atoms with Crippen LogP contribution in [0.15, 0.2) is 18.2 Å². The second kappa shape index (κ2) is 6.45. The van der Waals surface area contributed by atoms with E-state index in [1.165, 1.54) is 6.42 Å². The predicted octanol–water partition coefficient (Wildman–Crippen LogP) is 3.97. The van der Waals surface area contributed by atoms with E-state index in [1.54, 1.807) is 6.07 Å². The van der Waals surface area contributed by atoms with Crippen molar-refractivity contribution in [1.82, 2.24) is 4.90 Å². The van der Waals surface area contributed by atoms with Gasteiger partial charge in [0.2, 0.25) is 0 Å². The molecule has 1 heterocycles. The number of likely N-dealkylation sites (tertiary alicyclic amines) is 1. The first-order chi connectivity index (χ1) is 8.99. The monoisotopic (exact) mass is 300 g/mol. The van der Waals surface area contributed by atoms with Crippen LogP contribution in [0.2, 0.25) is 10.0 Å². The molecule has 3 unspecified atom stereocenters. The van der Waals surface area contributed by atoms with E-state index in [-0.39, 0.29) is 6.04 Å². The third kappa shape index (κ3) is 3.85. The van der Waals surface area contributed by atoms with Crippen LogP contribution >= 0.6 is 23.2 Å². The standard InChI is InChI=1S/C15H22Cl2N2/c1-10-3-11(2)9-19(8-10)15(7-18)12-4-13(16)6-14(17)5-12/h4-6,10-11,15H,3,7-9,18H2,1-2H3. The molecule has 3 atom stereocenters. The zero-order chi connectivity index (χ0) is 14.0. The summed E-state index contributed by atoms with van der Waals surface area (Å²) in [4.78, 5) is 2.47. The highest BCUT2D eigenvalue weighted by Crippen LogP contribution is 2.31. The fraction of sp³-hybridized carbons (Fsp3) is 0.600. The third-order valence-electron chi connectivity index (χ3n) is 3.83. The lowest BCUT2D eigenvalue weighted by atomic mass is 9.89. The van der Waals surface area contributed by atoms with Gasteiger partial charge in [0.1, 0.15) is 0 Å². The number of benzene rings is 1. The lowest BCUT2D eigenvalue weighted by Gasteiger charge is -2.40. The summed E-state index contributed by atoms with van der Waals surface area (Å²) in [5.74, 6) is 1.43. The first-order valence-corrected chi connectivity index (χ1v) is 7.65. The maximum absolute atomic E-state index is 6.10. The van der Waals surface area contributed by atoms with Crippen LogP contribution in [0.4, 0.5) is 0 Å². The fourth-order valence-electron chi connectivity index (χ4n) is 3.23. The molecule has 0 saturated carbocycles. The third-order valence-corrected chi connectivity index (χ3v) is 4.27. The molecule has 0 aromatic heterocycles. The van der Waals surface area contributed by atoms with E-state index in [0.29, 0.717) is 28.4 Å². The molecular weight excluding hydrogens is 279 g/mol. The largest absolute Gasteiger partial charge is 0.329 e. The maximum Gasteiger partial charge on any atom is 0.0471 e. The summed E-state index contributed by atoms with van der Waals surface area (Å²) in [6, 6.07) is 5.94. The van der Waals surface area contributed by atoms with Gasteiger partial charge in [0.15, 0.2) is 0 Å². The van der Waals surface area contributed by atoms with Crippen molar-refractivity contribution in [2.75, 3.05) is 19.6 Å². The minimum atomic E-state index is 0.210. The van der Waals surface area contributed by atoms with E-state index in [1.807, 2.05) is 12.1 Å². The van der Waals surface area contributed by atoms with Crippen LogP contribution in [0.5, 0.6) is 0 Å². The molecule has 4 heteroatoms. The zero-order valence-electron chi connectivity index (χ0n) is 11.6. The van der Waals surface area contributed by atoms with Gasteiger partial charge in [0.05, 0.1) is 0 Å². The summed E-state index contributed by atoms with van der Waals surface area (Å²) in [6.45, 7) is 7.39. The molecule has 1 aliphatic rings. The van der Waals surface area contributed by atoms with Gasteiger partial charge in [-0.3, -0.25) is 4.90 Å². The summed E-state index contributed by atoms with van der Waals surface area (Å²) in [5, 5.41) is 1.36. The van der Waals surface area contributed by atoms with E-state index in [0.717, 1.165) is 18.7 Å². The summed E-state index contributed by atoms with van der Waals surface area (Å²) >= 11 is 12.2. The molecule has 0 bridgehead atoms. The smallest absolute Gasteiger partial charge is 0.0471 e. The Bertz CT molecular complexity index is 406. The van der Waals surface area contributed by atoms with Crippen molar-refractivity contribution in [3.05, 3.63) is 33.8 Å². The number of nitrogens with zero attached hydrogens (tertiary/aromatic N) is 1. The lowest BCUT2D eigenvalue weighted by Crippen LogP contribution is -2.43. The average molecular weight is 301 g/mol. The van der Waals surface area contributed by atoms with Crippen LogP contribution in [-0.2, 0) is 0 Å². The number of halogens is 2. The Hall–Kier alpha value is -0.280. The van der Waals surface area contributed by atoms with Gasteiger partial charge in [0.25, 0.3) is 0 Å². The highest BCUT2D eigenvalue weighted by Gasteiger charge is 2.27. The maximum atomic E-state index is 6.10. The first kappa shape index (κ1) is 15.1. The van der Waals surface area contributed by atoms with Crippen molar-refractivity contribution in [3.63, 3.8) is 0 Å². The molecule has 19 heavy (non-hydrogen) atoms. The molecule has 2 nitrogen and oxygen atoms in total. The molecule has 1 aromatic carbocycles. The van der Waals surface area contributed by atoms with Crippen LogP contribution in [0.25, 0.3) is 0 Å². The van der Waals surface area contributed by atoms with Gasteiger partial charge in [-0.15, -0.1) is 0 Å². The molecule has 1 saturated heterocycles. The highest BCUT2D eigenvalue weighted by atomic mass is 35.5. The second-order valence-electron chi connectivity index (χ2n) is 5.85. The highest BCUT2D eigenvalue weighted by molar-refractivity contribution is 6.34. The molecule has 0 amide bonds. The molecule has 106 valence electrons. The van der Waals surface area contributed by atoms with Crippen LogP contribution in [-0.4, -0.2) is 24.5 Å². The summed E-state index contributed by atoms with van der Waals surface area (Å²) in [6.07, 6.45) is 1.30. The van der Waals surface area contributed by atoms with Crippen molar-refractivity contribution < 1.29 is 0 Å². The average Bonchev–Trinajstić information content (AvgIpc) is 2.27. The summed E-state index contributed by atoms with van der Waals surface area (Å²) in [5.41, 5.74) is 7.13. The molecule has 0 aliphatic carbocycles. The summed E-state index contributed by atoms with van der Waals surface area (Å²) < 4.78 is 0. The Morgan fingerprint density at radius 1 is 1.16 bits per heavy atom. The van der Waals surface area contributed by atoms with Gasteiger partial charge >= 0.3 is 0 Å². The van der Waals surface area contributed by atoms with Crippen LogP contribution < -0.4 is 5.73 Å². The molecule has 1 aliphatic heterocycles. The Morgan fingerprint density at radius 3 is 2.16 bits per heavy atom. The van der Waals surface area contributed by atoms with Gasteiger partial charge in [-0.05, 0) is 42.0 Å². The minimum Gasteiger partial charge on any atom is -0.329 e. The number of nitrogens with two attached hydrogens (primary N) is 1. The molecule has 2 N–H and O–H groups in total. The van der Waals surface area contributed by atoms with E-state index < -0.39 is 0 Å². The lowest BCUT2D eigenvalue weighted by molar-refractivity contribution is 0.0984. The Labute approximate surface area is 125 Å². The summed E-state index contributed by atoms with van der Waals surface area (Å²) in [7, 11) is 0. The van der Waals surface area contributed by atoms with E-state index in [2.05, 4.69) is 18.7 Å². The topological polar surface area (TPSA) is 29.3 Å². The number of rotatable bonds is 3. The van der Waals surface area contributed by atoms with Crippen LogP contribution in [0.1, 0.15) is 31.9 Å². The normalized spacial score (nSPS) is 26.4. The van der Waals surface area contributed by atoms with Gasteiger partial charge in [0, 0.05) is 35.7 Å². The van der Waals surface area contributed by atoms with Crippen molar-refractivity contribution in [3.8, 4) is 0 Å². The van der Waals surface area contributed by atoms with Gasteiger partial charge in [-0.25, -0.2) is 0 Å². The van der Waals surface area contributed by atoms with E-state index >= 15 is 0 Å².